The minimum absolute atomic E-state index is 0.254. The summed E-state index contributed by atoms with van der Waals surface area (Å²) in [7, 11) is -3.57. The lowest BCUT2D eigenvalue weighted by Gasteiger charge is -2.24. The normalized spacial score (nSPS) is 14.6. The molecule has 0 saturated heterocycles. The van der Waals surface area contributed by atoms with E-state index >= 15 is 0 Å². The van der Waals surface area contributed by atoms with Crippen LogP contribution < -0.4 is 0 Å². The lowest BCUT2D eigenvalue weighted by molar-refractivity contribution is 0.267. The van der Waals surface area contributed by atoms with E-state index in [-0.39, 0.29) is 11.0 Å². The predicted molar refractivity (Wildman–Crippen MR) is 114 cm³/mol. The molecule has 0 spiro atoms. The van der Waals surface area contributed by atoms with Gasteiger partial charge < -0.3 is 0 Å². The average Bonchev–Trinajstić information content (AvgIpc) is 3.11. The Morgan fingerprint density at radius 2 is 1.90 bits per heavy atom. The zero-order chi connectivity index (χ0) is 21.6. The van der Waals surface area contributed by atoms with E-state index in [9.17, 15) is 12.8 Å². The van der Waals surface area contributed by atoms with Crippen LogP contribution in [0.1, 0.15) is 19.3 Å². The fourth-order valence-corrected chi connectivity index (χ4v) is 4.25. The minimum Gasteiger partial charge on any atom is -0.270 e. The first-order valence-corrected chi connectivity index (χ1v) is 11.9. The second-order valence-corrected chi connectivity index (χ2v) is 9.86. The van der Waals surface area contributed by atoms with E-state index < -0.39 is 9.84 Å². The summed E-state index contributed by atoms with van der Waals surface area (Å²) in [6.07, 6.45) is 8.13. The molecule has 158 valence electrons. The van der Waals surface area contributed by atoms with Gasteiger partial charge in [0.05, 0.1) is 11.4 Å². The van der Waals surface area contributed by atoms with Crippen molar-refractivity contribution in [1.29, 1.82) is 0 Å². The van der Waals surface area contributed by atoms with Gasteiger partial charge in [0.2, 0.25) is 15.0 Å². The predicted octanol–water partition coefficient (Wildman–Crippen LogP) is 3.90. The molecule has 9 heteroatoms. The molecule has 1 aliphatic carbocycles. The van der Waals surface area contributed by atoms with Gasteiger partial charge in [0.15, 0.2) is 5.65 Å². The van der Waals surface area contributed by atoms with E-state index in [4.69, 9.17) is 4.98 Å². The molecule has 1 fully saturated rings. The average molecular weight is 438 g/mol. The van der Waals surface area contributed by atoms with Crippen molar-refractivity contribution < 1.29 is 12.8 Å². The lowest BCUT2D eigenvalue weighted by atomic mass is 9.85. The van der Waals surface area contributed by atoms with Crippen molar-refractivity contribution in [2.45, 2.75) is 31.0 Å². The molecule has 4 aromatic rings. The Labute approximate surface area is 178 Å². The number of hydrogen-bond acceptors (Lipinski definition) is 6. The molecule has 5 rings (SSSR count). The van der Waals surface area contributed by atoms with Crippen molar-refractivity contribution in [3.63, 3.8) is 0 Å². The van der Waals surface area contributed by atoms with Crippen molar-refractivity contribution in [3.8, 4) is 22.5 Å². The summed E-state index contributed by atoms with van der Waals surface area (Å²) in [6, 6.07) is 9.54. The summed E-state index contributed by atoms with van der Waals surface area (Å²) in [4.78, 5) is 12.9. The van der Waals surface area contributed by atoms with Gasteiger partial charge in [-0.15, -0.1) is 0 Å². The van der Waals surface area contributed by atoms with Crippen LogP contribution in [-0.2, 0) is 16.4 Å². The highest BCUT2D eigenvalue weighted by Gasteiger charge is 2.20. The number of nitrogens with zero attached hydrogens (tertiary/aromatic N) is 5. The van der Waals surface area contributed by atoms with Gasteiger partial charge in [-0.1, -0.05) is 6.42 Å². The van der Waals surface area contributed by atoms with Crippen LogP contribution in [0.3, 0.4) is 0 Å². The number of sulfone groups is 1. The number of rotatable bonds is 5. The molecule has 7 nitrogen and oxygen atoms in total. The van der Waals surface area contributed by atoms with Gasteiger partial charge in [0.25, 0.3) is 0 Å². The zero-order valence-corrected chi connectivity index (χ0v) is 17.7. The van der Waals surface area contributed by atoms with Crippen LogP contribution in [-0.4, -0.2) is 39.4 Å². The molecular weight excluding hydrogens is 417 g/mol. The minimum atomic E-state index is -3.57. The van der Waals surface area contributed by atoms with E-state index in [0.29, 0.717) is 34.1 Å². The first kappa shape index (κ1) is 19.7. The summed E-state index contributed by atoms with van der Waals surface area (Å²) < 4.78 is 39.4. The Morgan fingerprint density at radius 3 is 2.58 bits per heavy atom. The monoisotopic (exact) mass is 437 g/mol. The molecule has 0 radical (unpaired) electrons. The van der Waals surface area contributed by atoms with Crippen molar-refractivity contribution >= 4 is 20.9 Å². The van der Waals surface area contributed by atoms with Crippen LogP contribution >= 0.6 is 0 Å². The van der Waals surface area contributed by atoms with Gasteiger partial charge in [-0.3, -0.25) is 4.68 Å². The maximum atomic E-state index is 13.5. The number of fused-ring (bicyclic) bond motifs is 1. The largest absolute Gasteiger partial charge is 0.270 e. The summed E-state index contributed by atoms with van der Waals surface area (Å²) in [5.74, 6) is 0.294. The molecule has 3 aromatic heterocycles. The molecule has 0 N–H and O–H groups in total. The van der Waals surface area contributed by atoms with Gasteiger partial charge in [0.1, 0.15) is 5.82 Å². The van der Waals surface area contributed by atoms with Gasteiger partial charge in [-0.2, -0.15) is 5.10 Å². The topological polar surface area (TPSA) is 90.6 Å². The van der Waals surface area contributed by atoms with Crippen LogP contribution in [0.25, 0.3) is 33.5 Å². The molecule has 1 saturated carbocycles. The third kappa shape index (κ3) is 3.93. The Balaban J connectivity index is 1.68. The SMILES string of the molecule is CS(=O)(=O)c1nccc(-c2cc3cn(CC4CCC4)nc3nc2-c2ccc(F)cc2)n1. The van der Waals surface area contributed by atoms with Crippen LogP contribution in [0, 0.1) is 11.7 Å². The third-order valence-corrected chi connectivity index (χ3v) is 6.43. The molecule has 0 unspecified atom stereocenters. The van der Waals surface area contributed by atoms with Crippen molar-refractivity contribution in [2.75, 3.05) is 6.26 Å². The van der Waals surface area contributed by atoms with E-state index in [1.165, 1.54) is 37.6 Å². The highest BCUT2D eigenvalue weighted by atomic mass is 32.2. The number of aromatic nitrogens is 5. The Bertz CT molecular complexity index is 1380. The van der Waals surface area contributed by atoms with Crippen LogP contribution in [0.4, 0.5) is 4.39 Å². The second-order valence-electron chi connectivity index (χ2n) is 7.95. The molecule has 0 bridgehead atoms. The maximum Gasteiger partial charge on any atom is 0.247 e. The molecule has 1 aliphatic rings. The Morgan fingerprint density at radius 1 is 1.13 bits per heavy atom. The number of benzene rings is 1. The van der Waals surface area contributed by atoms with Crippen molar-refractivity contribution in [2.24, 2.45) is 5.92 Å². The fraction of sp³-hybridized carbons (Fsp3) is 0.273. The van der Waals surface area contributed by atoms with Gasteiger partial charge in [0, 0.05) is 41.7 Å². The molecule has 1 aromatic carbocycles. The lowest BCUT2D eigenvalue weighted by Crippen LogP contribution is -2.18. The maximum absolute atomic E-state index is 13.5. The first-order chi connectivity index (χ1) is 14.9. The van der Waals surface area contributed by atoms with Crippen molar-refractivity contribution in [1.82, 2.24) is 24.7 Å². The van der Waals surface area contributed by atoms with Gasteiger partial charge in [-0.05, 0) is 55.2 Å². The molecule has 0 amide bonds. The van der Waals surface area contributed by atoms with Crippen molar-refractivity contribution in [3.05, 3.63) is 54.6 Å². The molecule has 0 aliphatic heterocycles. The van der Waals surface area contributed by atoms with E-state index in [0.717, 1.165) is 18.2 Å². The van der Waals surface area contributed by atoms with Crippen LogP contribution in [0.5, 0.6) is 0 Å². The van der Waals surface area contributed by atoms with E-state index in [1.54, 1.807) is 18.2 Å². The zero-order valence-electron chi connectivity index (χ0n) is 16.9. The van der Waals surface area contributed by atoms with Crippen LogP contribution in [0.2, 0.25) is 0 Å². The molecule has 31 heavy (non-hydrogen) atoms. The number of hydrogen-bond donors (Lipinski definition) is 0. The Kier molecular flexibility index (Phi) is 4.77. The summed E-state index contributed by atoms with van der Waals surface area (Å²) in [6.45, 7) is 0.851. The Hall–Kier alpha value is -3.20. The molecule has 0 atom stereocenters. The molecule has 3 heterocycles. The second kappa shape index (κ2) is 7.49. The number of pyridine rings is 1. The highest BCUT2D eigenvalue weighted by Crippen LogP contribution is 2.33. The standard InChI is InChI=1S/C22H20FN5O2S/c1-31(29,30)22-24-10-9-19(25-22)18-11-16-13-28(12-14-3-2-4-14)27-21(16)26-20(18)15-5-7-17(23)8-6-15/h5-11,13-14H,2-4,12H2,1H3. The van der Waals surface area contributed by atoms with E-state index in [2.05, 4.69) is 15.1 Å². The highest BCUT2D eigenvalue weighted by molar-refractivity contribution is 7.90. The summed E-state index contributed by atoms with van der Waals surface area (Å²) >= 11 is 0. The number of halogens is 1. The molecular formula is C22H20FN5O2S. The van der Waals surface area contributed by atoms with E-state index in [1.807, 2.05) is 16.9 Å². The summed E-state index contributed by atoms with van der Waals surface area (Å²) in [5, 5.41) is 5.21. The van der Waals surface area contributed by atoms with Gasteiger partial charge in [-0.25, -0.2) is 27.8 Å². The smallest absolute Gasteiger partial charge is 0.247 e. The fourth-order valence-electron chi connectivity index (χ4n) is 3.73. The van der Waals surface area contributed by atoms with Crippen LogP contribution in [0.15, 0.2) is 53.9 Å². The van der Waals surface area contributed by atoms with Gasteiger partial charge >= 0.3 is 0 Å². The quantitative estimate of drug-likeness (QED) is 0.440. The summed E-state index contributed by atoms with van der Waals surface area (Å²) in [5.41, 5.74) is 2.89. The third-order valence-electron chi connectivity index (χ3n) is 5.57. The first-order valence-electron chi connectivity index (χ1n) is 10.0.